The zero-order valence-corrected chi connectivity index (χ0v) is 50.0. The Balaban J connectivity index is 0.000000510. The smallest absolute Gasteiger partial charge is 0.324 e. The van der Waals surface area contributed by atoms with Crippen LogP contribution in [0.4, 0.5) is 26.0 Å². The largest absolute Gasteiger partial charge is 0.504 e. The highest BCUT2D eigenvalue weighted by molar-refractivity contribution is 8.15. The number of aliphatic hydroxyl groups is 2. The van der Waals surface area contributed by atoms with Gasteiger partial charge in [-0.2, -0.15) is 10.4 Å². The number of aliphatic hydroxyl groups excluding tert-OH is 2. The Bertz CT molecular complexity index is 2710. The first-order valence-corrected chi connectivity index (χ1v) is 25.9. The molecule has 0 aromatic carbocycles. The molecule has 1 atom stereocenters. The number of imide groups is 2. The van der Waals surface area contributed by atoms with Crippen molar-refractivity contribution in [2.75, 3.05) is 174 Å². The monoisotopic (exact) mass is 1230 g/mol. The third-order valence-electron chi connectivity index (χ3n) is 10.8. The summed E-state index contributed by atoms with van der Waals surface area (Å²) in [5.41, 5.74) is 0.0704. The van der Waals surface area contributed by atoms with Crippen LogP contribution < -0.4 is 31.6 Å². The Labute approximate surface area is 492 Å². The van der Waals surface area contributed by atoms with Crippen molar-refractivity contribution in [1.82, 2.24) is 81.7 Å². The number of rotatable bonds is 25. The maximum Gasteiger partial charge on any atom is 0.324 e. The summed E-state index contributed by atoms with van der Waals surface area (Å²) in [6.45, 7) is 6.30. The third kappa shape index (κ3) is 28.0. The first-order chi connectivity index (χ1) is 40.4. The number of tetrazole rings is 2. The highest BCUT2D eigenvalue weighted by atomic mass is 32.2. The predicted octanol–water partition coefficient (Wildman–Crippen LogP) is -2.37. The maximum atomic E-state index is 11.5. The van der Waals surface area contributed by atoms with Crippen LogP contribution in [-0.4, -0.2) is 297 Å². The number of likely N-dealkylation sites (N-methyl/N-ethyl adjacent to an activating group) is 6. The van der Waals surface area contributed by atoms with Gasteiger partial charge in [-0.1, -0.05) is 10.3 Å². The number of aromatic hydroxyl groups is 1. The Kier molecular flexibility index (Phi) is 36.2. The summed E-state index contributed by atoms with van der Waals surface area (Å²) in [6.07, 6.45) is 4.43. The molecule has 8 amide bonds. The second kappa shape index (κ2) is 41.4. The summed E-state index contributed by atoms with van der Waals surface area (Å²) in [4.78, 5) is 110. The topological polar surface area (TPSA) is 459 Å². The van der Waals surface area contributed by atoms with Gasteiger partial charge in [0.25, 0.3) is 28.9 Å². The molecule has 0 spiro atoms. The number of thioether (sulfide) groups is 1. The number of carbonyl (C=O) groups is 8. The summed E-state index contributed by atoms with van der Waals surface area (Å²) in [7, 11) is 19.5. The molecule has 0 bridgehead atoms. The lowest BCUT2D eigenvalue weighted by Crippen LogP contribution is -2.38. The minimum Gasteiger partial charge on any atom is -0.504 e. The number of nitrogens with zero attached hydrogens (tertiary/aromatic N) is 12. The molecule has 2 aliphatic heterocycles. The van der Waals surface area contributed by atoms with Crippen molar-refractivity contribution in [3.63, 3.8) is 0 Å². The molecule has 6 rings (SSSR count). The van der Waals surface area contributed by atoms with E-state index in [1.54, 1.807) is 92.5 Å². The highest BCUT2D eigenvalue weighted by Gasteiger charge is 2.35. The second-order valence-electron chi connectivity index (χ2n) is 17.2. The summed E-state index contributed by atoms with van der Waals surface area (Å²) < 4.78 is 33.9. The van der Waals surface area contributed by atoms with E-state index in [4.69, 9.17) is 37.9 Å². The normalized spacial score (nSPS) is 14.0. The number of carbonyl (C=O) groups excluding carboxylic acids is 8. The van der Waals surface area contributed by atoms with Crippen molar-refractivity contribution in [1.29, 1.82) is 0 Å². The molecule has 3 aliphatic rings. The molecule has 1 saturated heterocycles. The number of aromatic amines is 2. The number of allylic oxidation sites excluding steroid dienone is 2. The quantitative estimate of drug-likeness (QED) is 0.0316. The van der Waals surface area contributed by atoms with Gasteiger partial charge in [-0.25, -0.2) is 9.59 Å². The SMILES string of the molecule is COCCN(C)C(=O)NCc1nn[nH]n1.COCCN(C)C(=O)Nc1nn[nH]n1.COCCN(C)C1=C(O)C(=O)NC1=O.COCCN(C)C1=CC(=O)C=C(O)C1=O.COCCN(C)C1SC(=O)NC1=O.COCCN(C)c1cocc(O)c1=O. The minimum atomic E-state index is -0.755. The lowest BCUT2D eigenvalue weighted by molar-refractivity contribution is -0.125. The number of methoxy groups -OCH3 is 6. The molecule has 0 radical (unpaired) electrons. The zero-order chi connectivity index (χ0) is 64.0. The van der Waals surface area contributed by atoms with Crippen LogP contribution in [0.1, 0.15) is 5.82 Å². The molecule has 0 saturated carbocycles. The average Bonchev–Trinajstić information content (AvgIpc) is 4.41. The molecule has 5 heterocycles. The van der Waals surface area contributed by atoms with Crippen molar-refractivity contribution in [3.8, 4) is 5.75 Å². The van der Waals surface area contributed by atoms with Gasteiger partial charge in [-0.3, -0.25) is 54.4 Å². The molecular weight excluding hydrogens is 1150 g/mol. The lowest BCUT2D eigenvalue weighted by atomic mass is 10.1. The number of H-pyrrole nitrogens is 2. The fraction of sp³-hybridized carbons (Fsp3) is 0.553. The van der Waals surface area contributed by atoms with Gasteiger partial charge < -0.3 is 78.0 Å². The van der Waals surface area contributed by atoms with E-state index in [9.17, 15) is 53.4 Å². The van der Waals surface area contributed by atoms with Crippen LogP contribution in [0.5, 0.6) is 5.75 Å². The van der Waals surface area contributed by atoms with Crippen LogP contribution in [0.3, 0.4) is 0 Å². The molecular formula is C47H76N18O19S. The number of nitrogens with one attached hydrogen (secondary N) is 6. The average molecular weight is 1230 g/mol. The summed E-state index contributed by atoms with van der Waals surface area (Å²) in [5, 5.41) is 62.0. The Morgan fingerprint density at radius 3 is 1.67 bits per heavy atom. The van der Waals surface area contributed by atoms with Gasteiger partial charge in [-0.05, 0) is 24.0 Å². The van der Waals surface area contributed by atoms with E-state index < -0.39 is 39.9 Å². The van der Waals surface area contributed by atoms with Gasteiger partial charge in [0, 0.05) is 129 Å². The lowest BCUT2D eigenvalue weighted by Gasteiger charge is -2.22. The van der Waals surface area contributed by atoms with E-state index in [1.807, 2.05) is 5.32 Å². The van der Waals surface area contributed by atoms with Gasteiger partial charge in [0.1, 0.15) is 23.6 Å². The van der Waals surface area contributed by atoms with E-state index in [0.29, 0.717) is 90.4 Å². The van der Waals surface area contributed by atoms with Crippen LogP contribution >= 0.6 is 11.8 Å². The molecule has 1 unspecified atom stereocenters. The zero-order valence-electron chi connectivity index (χ0n) is 49.2. The van der Waals surface area contributed by atoms with E-state index in [0.717, 1.165) is 24.1 Å². The Morgan fingerprint density at radius 2 is 1.16 bits per heavy atom. The van der Waals surface area contributed by atoms with E-state index in [2.05, 4.69) is 57.2 Å². The van der Waals surface area contributed by atoms with Crippen LogP contribution in [0.25, 0.3) is 0 Å². The summed E-state index contributed by atoms with van der Waals surface area (Å²) >= 11 is 1.00. The second-order valence-corrected chi connectivity index (χ2v) is 18.2. The van der Waals surface area contributed by atoms with Gasteiger partial charge in [0.05, 0.1) is 51.9 Å². The van der Waals surface area contributed by atoms with Crippen LogP contribution in [0, 0.1) is 0 Å². The van der Waals surface area contributed by atoms with E-state index in [1.165, 1.54) is 34.1 Å². The van der Waals surface area contributed by atoms with Crippen LogP contribution in [0.2, 0.25) is 0 Å². The van der Waals surface area contributed by atoms with Crippen molar-refractivity contribution in [2.45, 2.75) is 11.9 Å². The summed E-state index contributed by atoms with van der Waals surface area (Å²) in [6, 6.07) is -0.500. The highest BCUT2D eigenvalue weighted by Crippen LogP contribution is 2.21. The maximum absolute atomic E-state index is 11.5. The fourth-order valence-electron chi connectivity index (χ4n) is 5.95. The standard InChI is InChI=1S/C10H13NO4.C9H13NO4.C8H12N2O4.C7H14N6O2.C7H12N2O3S.C6H12N6O2/c1-11(3-4-15-2)8-5-7(12)6-9(13)10(8)14;1-10(3-4-13-2)7-5-14-6-8(11)9(7)12;1-10(3-4-14-2)5-6(11)8(13)9-7(5)12;1-13(3-4-15-2)7(14)8-5-6-9-11-12-10-6;1-9(3-4-12-2)6-5(10)8-7(11)13-6;1-12(3-4-14-2)6(13)7-5-8-10-11-9-5/h5-6,13H,3-4H2,1-2H3;5-6,11H,3-4H2,1-2H3;3-4H2,1-2H3,(H2,9,11,12,13);3-5H2,1-2H3,(H,8,14)(H,9,10,11,12);6H,3-4H2,1-2H3,(H,8,10,11);3-4H2,1-2H3,(H2,7,8,9,10,11,13). The number of hydrogen-bond donors (Lipinski definition) is 9. The predicted molar refractivity (Wildman–Crippen MR) is 300 cm³/mol. The Morgan fingerprint density at radius 1 is 0.635 bits per heavy atom. The molecule has 1 fully saturated rings. The molecule has 9 N–H and O–H groups in total. The minimum absolute atomic E-state index is 0.00736. The molecule has 85 heavy (non-hydrogen) atoms. The number of aromatic nitrogens is 8. The van der Waals surface area contributed by atoms with Gasteiger partial charge in [-0.15, -0.1) is 15.3 Å². The van der Waals surface area contributed by atoms with Gasteiger partial charge in [0.15, 0.2) is 23.1 Å². The molecule has 3 aromatic heterocycles. The first-order valence-electron chi connectivity index (χ1n) is 25.0. The van der Waals surface area contributed by atoms with Crippen LogP contribution in [0.15, 0.2) is 56.8 Å². The number of amides is 8. The summed E-state index contributed by atoms with van der Waals surface area (Å²) in [5.74, 6) is -3.32. The van der Waals surface area contributed by atoms with Crippen molar-refractivity contribution in [3.05, 3.63) is 63.6 Å². The number of urea groups is 2. The number of ether oxygens (including phenoxy) is 6. The Hall–Kier alpha value is -8.66. The number of Topliss-reactive ketones (excluding diaryl/α,β-unsaturated/α-hetero) is 1. The van der Waals surface area contributed by atoms with Crippen molar-refractivity contribution in [2.24, 2.45) is 0 Å². The molecule has 474 valence electrons. The molecule has 1 aliphatic carbocycles. The van der Waals surface area contributed by atoms with E-state index >= 15 is 0 Å². The van der Waals surface area contributed by atoms with Crippen LogP contribution in [-0.2, 0) is 58.9 Å². The van der Waals surface area contributed by atoms with Crippen molar-refractivity contribution >= 4 is 70.0 Å². The molecule has 38 heteroatoms. The number of ketones is 2. The molecule has 3 aromatic rings. The fourth-order valence-corrected chi connectivity index (χ4v) is 6.76. The van der Waals surface area contributed by atoms with E-state index in [-0.39, 0.29) is 58.6 Å². The van der Waals surface area contributed by atoms with Crippen molar-refractivity contribution < 1.29 is 86.5 Å². The van der Waals surface area contributed by atoms with Gasteiger partial charge >= 0.3 is 12.1 Å². The number of anilines is 2. The third-order valence-corrected chi connectivity index (χ3v) is 12.0. The molecule has 37 nitrogen and oxygen atoms in total. The van der Waals surface area contributed by atoms with Gasteiger partial charge in [0.2, 0.25) is 22.7 Å². The number of hydrogen-bond acceptors (Lipinski definition) is 30. The first kappa shape index (κ1) is 74.4.